The van der Waals surface area contributed by atoms with Crippen molar-refractivity contribution >= 4 is 56.7 Å². The first-order valence-corrected chi connectivity index (χ1v) is 9.66. The number of carbonyl (C=O) groups is 1. The van der Waals surface area contributed by atoms with Crippen LogP contribution in [0.25, 0.3) is 5.57 Å². The second kappa shape index (κ2) is 6.46. The summed E-state index contributed by atoms with van der Waals surface area (Å²) in [6, 6.07) is 15.0. The van der Waals surface area contributed by atoms with Crippen molar-refractivity contribution in [1.29, 1.82) is 0 Å². The van der Waals surface area contributed by atoms with E-state index >= 15 is 0 Å². The Labute approximate surface area is 166 Å². The molecule has 130 valence electrons. The Morgan fingerprint density at radius 3 is 2.69 bits per heavy atom. The van der Waals surface area contributed by atoms with Crippen molar-refractivity contribution in [3.63, 3.8) is 0 Å². The highest BCUT2D eigenvalue weighted by Crippen LogP contribution is 2.34. The van der Waals surface area contributed by atoms with Crippen LogP contribution in [0.4, 0.5) is 5.69 Å². The number of amides is 1. The van der Waals surface area contributed by atoms with Crippen molar-refractivity contribution in [2.45, 2.75) is 0 Å². The monoisotopic (exact) mass is 445 g/mol. The minimum absolute atomic E-state index is 0.0715. The van der Waals surface area contributed by atoms with E-state index in [1.807, 2.05) is 42.5 Å². The van der Waals surface area contributed by atoms with Crippen LogP contribution in [0.5, 0.6) is 5.88 Å². The number of halogens is 1. The Morgan fingerprint density at radius 1 is 1.23 bits per heavy atom. The van der Waals surface area contributed by atoms with Crippen LogP contribution in [0.2, 0.25) is 0 Å². The molecule has 4 rings (SSSR count). The van der Waals surface area contributed by atoms with E-state index in [2.05, 4.69) is 20.9 Å². The molecule has 0 saturated carbocycles. The van der Waals surface area contributed by atoms with Gasteiger partial charge in [-0.25, -0.2) is 4.99 Å². The molecule has 26 heavy (non-hydrogen) atoms. The zero-order valence-electron chi connectivity index (χ0n) is 13.5. The summed E-state index contributed by atoms with van der Waals surface area (Å²) in [5.74, 6) is -0.447. The fraction of sp³-hybridized carbons (Fsp3) is 0.0556. The van der Waals surface area contributed by atoms with Gasteiger partial charge in [0, 0.05) is 16.7 Å². The van der Waals surface area contributed by atoms with Gasteiger partial charge in [-0.15, -0.1) is 0 Å². The molecular weight excluding hydrogens is 434 g/mol. The molecule has 0 unspecified atom stereocenters. The normalized spacial score (nSPS) is 12.8. The van der Waals surface area contributed by atoms with Crippen LogP contribution in [-0.2, 0) is 4.79 Å². The zero-order valence-corrected chi connectivity index (χ0v) is 16.7. The molecule has 0 saturated heterocycles. The van der Waals surface area contributed by atoms with Gasteiger partial charge in [0.25, 0.3) is 5.91 Å². The molecule has 0 fully saturated rings. The van der Waals surface area contributed by atoms with Crippen LogP contribution in [0.15, 0.2) is 58.0 Å². The molecule has 0 atom stereocenters. The highest BCUT2D eigenvalue weighted by Gasteiger charge is 2.26. The average Bonchev–Trinajstić information content (AvgIpc) is 3.10. The molecule has 1 aromatic heterocycles. The molecule has 1 amide bonds. The molecule has 2 aromatic carbocycles. The van der Waals surface area contributed by atoms with E-state index in [0.29, 0.717) is 25.0 Å². The van der Waals surface area contributed by atoms with Crippen LogP contribution in [0, 0.1) is 3.95 Å². The van der Waals surface area contributed by atoms with Gasteiger partial charge in [0.05, 0.1) is 16.6 Å². The molecule has 0 bridgehead atoms. The molecule has 2 heterocycles. The first kappa shape index (κ1) is 17.1. The third-order valence-electron chi connectivity index (χ3n) is 4.09. The Morgan fingerprint density at radius 2 is 1.96 bits per heavy atom. The van der Waals surface area contributed by atoms with E-state index < -0.39 is 0 Å². The fourth-order valence-electron chi connectivity index (χ4n) is 2.85. The lowest BCUT2D eigenvalue weighted by atomic mass is 10.1. The number of para-hydroxylation sites is 1. The van der Waals surface area contributed by atoms with Gasteiger partial charge >= 0.3 is 0 Å². The molecule has 0 aliphatic carbocycles. The number of aromatic hydroxyl groups is 1. The molecule has 0 radical (unpaired) electrons. The topological polar surface area (TPSA) is 57.8 Å². The van der Waals surface area contributed by atoms with Gasteiger partial charge in [0.1, 0.15) is 4.88 Å². The van der Waals surface area contributed by atoms with Crippen molar-refractivity contribution in [3.05, 3.63) is 72.4 Å². The highest BCUT2D eigenvalue weighted by atomic mass is 79.9. The number of thiazole rings is 1. The first-order valence-electron chi connectivity index (χ1n) is 7.64. The van der Waals surface area contributed by atoms with Gasteiger partial charge in [-0.2, -0.15) is 4.68 Å². The summed E-state index contributed by atoms with van der Waals surface area (Å²) < 4.78 is 2.79. The number of benzene rings is 2. The molecule has 1 aliphatic heterocycles. The van der Waals surface area contributed by atoms with Crippen LogP contribution < -0.4 is 15.6 Å². The predicted octanol–water partition coefficient (Wildman–Crippen LogP) is 3.01. The van der Waals surface area contributed by atoms with E-state index in [4.69, 9.17) is 12.2 Å². The molecule has 0 spiro atoms. The second-order valence-electron chi connectivity index (χ2n) is 5.65. The van der Waals surface area contributed by atoms with Gasteiger partial charge in [0.15, 0.2) is 3.95 Å². The Balaban J connectivity index is 1.94. The van der Waals surface area contributed by atoms with Crippen molar-refractivity contribution in [2.75, 3.05) is 12.1 Å². The van der Waals surface area contributed by atoms with E-state index in [-0.39, 0.29) is 11.8 Å². The second-order valence-corrected chi connectivity index (χ2v) is 8.20. The summed E-state index contributed by atoms with van der Waals surface area (Å²) in [4.78, 5) is 17.0. The minimum atomic E-state index is -0.376. The summed E-state index contributed by atoms with van der Waals surface area (Å²) >= 11 is 10.1. The highest BCUT2D eigenvalue weighted by molar-refractivity contribution is 9.10. The largest absolute Gasteiger partial charge is 0.492 e. The van der Waals surface area contributed by atoms with Gasteiger partial charge in [0.2, 0.25) is 5.88 Å². The van der Waals surface area contributed by atoms with Crippen molar-refractivity contribution in [3.8, 4) is 5.88 Å². The van der Waals surface area contributed by atoms with Crippen LogP contribution in [0.1, 0.15) is 4.88 Å². The lowest BCUT2D eigenvalue weighted by molar-refractivity contribution is -0.112. The number of hydrogen-bond donors (Lipinski definition) is 1. The first-order chi connectivity index (χ1) is 12.5. The third-order valence-corrected chi connectivity index (χ3v) is 5.94. The SMILES string of the molecule is CN(c1ccccc1)n1c(O)c(C2=c3cc(Br)ccc3=NC2=O)sc1=S. The number of rotatable bonds is 3. The summed E-state index contributed by atoms with van der Waals surface area (Å²) in [5.41, 5.74) is 1.23. The van der Waals surface area contributed by atoms with E-state index in [0.717, 1.165) is 10.2 Å². The van der Waals surface area contributed by atoms with E-state index in [9.17, 15) is 9.90 Å². The van der Waals surface area contributed by atoms with Gasteiger partial charge in [-0.05, 0) is 42.5 Å². The molecule has 5 nitrogen and oxygen atoms in total. The van der Waals surface area contributed by atoms with Crippen molar-refractivity contribution in [2.24, 2.45) is 4.99 Å². The van der Waals surface area contributed by atoms with Crippen LogP contribution in [-0.4, -0.2) is 22.7 Å². The minimum Gasteiger partial charge on any atom is -0.492 e. The number of anilines is 1. The maximum Gasteiger partial charge on any atom is 0.279 e. The van der Waals surface area contributed by atoms with Gasteiger partial charge in [-0.3, -0.25) is 9.80 Å². The summed E-state index contributed by atoms with van der Waals surface area (Å²) in [6.07, 6.45) is 0. The number of hydrogen-bond acceptors (Lipinski definition) is 5. The standard InChI is InChI=1S/C18H12BrN3O2S2/c1-21(11-5-3-2-4-6-11)22-17(24)15(26-18(22)25)14-12-9-10(19)7-8-13(12)20-16(14)23/h2-9,24H,1H3. The summed E-state index contributed by atoms with van der Waals surface area (Å²) in [6.45, 7) is 0. The van der Waals surface area contributed by atoms with Crippen molar-refractivity contribution in [1.82, 2.24) is 4.68 Å². The lowest BCUT2D eigenvalue weighted by Crippen LogP contribution is -2.24. The van der Waals surface area contributed by atoms with Gasteiger partial charge < -0.3 is 5.11 Å². The fourth-order valence-corrected chi connectivity index (χ4v) is 4.62. The maximum absolute atomic E-state index is 12.5. The zero-order chi connectivity index (χ0) is 18.4. The third kappa shape index (κ3) is 2.70. The quantitative estimate of drug-likeness (QED) is 0.629. The number of fused-ring (bicyclic) bond motifs is 1. The number of carbonyl (C=O) groups excluding carboxylic acids is 1. The molecule has 8 heteroatoms. The Bertz CT molecular complexity index is 1220. The summed E-state index contributed by atoms with van der Waals surface area (Å²) in [7, 11) is 1.80. The molecule has 3 aromatic rings. The number of aromatic nitrogens is 1. The van der Waals surface area contributed by atoms with Crippen LogP contribution in [0.3, 0.4) is 0 Å². The Kier molecular flexibility index (Phi) is 4.26. The van der Waals surface area contributed by atoms with Crippen LogP contribution >= 0.6 is 39.5 Å². The molecular formula is C18H12BrN3O2S2. The van der Waals surface area contributed by atoms with E-state index in [1.165, 1.54) is 16.0 Å². The van der Waals surface area contributed by atoms with E-state index in [1.54, 1.807) is 18.1 Å². The smallest absolute Gasteiger partial charge is 0.279 e. The maximum atomic E-state index is 12.5. The molecule has 1 aliphatic rings. The van der Waals surface area contributed by atoms with Crippen molar-refractivity contribution < 1.29 is 9.90 Å². The average molecular weight is 446 g/mol. The Hall–Kier alpha value is -2.29. The van der Waals surface area contributed by atoms with Gasteiger partial charge in [-0.1, -0.05) is 45.5 Å². The predicted molar refractivity (Wildman–Crippen MR) is 107 cm³/mol. The number of nitrogens with zero attached hydrogens (tertiary/aromatic N) is 3. The lowest BCUT2D eigenvalue weighted by Gasteiger charge is -2.21. The molecule has 1 N–H and O–H groups in total. The summed E-state index contributed by atoms with van der Waals surface area (Å²) in [5, 5.41) is 13.9.